The van der Waals surface area contributed by atoms with E-state index >= 15 is 0 Å². The predicted molar refractivity (Wildman–Crippen MR) is 143 cm³/mol. The highest BCUT2D eigenvalue weighted by Crippen LogP contribution is 2.54. The van der Waals surface area contributed by atoms with Gasteiger partial charge in [0.05, 0.1) is 35.6 Å². The number of hydrogen-bond acceptors (Lipinski definition) is 7. The van der Waals surface area contributed by atoms with Gasteiger partial charge in [0.25, 0.3) is 5.69 Å². The summed E-state index contributed by atoms with van der Waals surface area (Å²) >= 11 is 5.93. The second-order valence-electron chi connectivity index (χ2n) is 9.43. The van der Waals surface area contributed by atoms with Crippen molar-refractivity contribution in [1.82, 2.24) is 4.90 Å². The summed E-state index contributed by atoms with van der Waals surface area (Å²) in [4.78, 5) is 55.4. The molecule has 2 fully saturated rings. The van der Waals surface area contributed by atoms with Crippen molar-refractivity contribution in [2.24, 2.45) is 11.8 Å². The van der Waals surface area contributed by atoms with E-state index in [0.29, 0.717) is 11.4 Å². The van der Waals surface area contributed by atoms with Crippen LogP contribution in [0.3, 0.4) is 0 Å². The standard InChI is InChI=1S/C28H21ClN4O6/c1-39-21-9-5-4-8-19(21)32-27(35)22-23(28(32)36)25(31-13-12-15-6-2-3-7-17(15)24(22)31)26(34)30-16-10-11-18(29)20(14-16)33(37)38/h2-14,22-25H,1H3,(H,30,34)/t22-,23+,24-,25-/m0/s1. The van der Waals surface area contributed by atoms with Gasteiger partial charge >= 0.3 is 0 Å². The van der Waals surface area contributed by atoms with Gasteiger partial charge in [0.15, 0.2) is 0 Å². The SMILES string of the molecule is COc1ccccc1N1C(=O)[C@@H]2[C@H](C1=O)[C@@H]1c3ccccc3C=CN1[C@@H]2C(=O)Nc1ccc(Cl)c([N+](=O)[O-])c1. The number of nitrogens with zero attached hydrogens (tertiary/aromatic N) is 3. The van der Waals surface area contributed by atoms with Crippen LogP contribution in [0.25, 0.3) is 6.08 Å². The normalized spacial score (nSPS) is 22.8. The van der Waals surface area contributed by atoms with Crippen molar-refractivity contribution < 1.29 is 24.0 Å². The number of benzene rings is 3. The molecule has 3 aromatic carbocycles. The summed E-state index contributed by atoms with van der Waals surface area (Å²) in [6.07, 6.45) is 3.57. The number of imide groups is 1. The van der Waals surface area contributed by atoms with E-state index in [0.717, 1.165) is 22.1 Å². The monoisotopic (exact) mass is 544 g/mol. The molecule has 2 saturated heterocycles. The molecule has 39 heavy (non-hydrogen) atoms. The molecule has 3 heterocycles. The average molecular weight is 545 g/mol. The number of carbonyl (C=O) groups is 3. The van der Waals surface area contributed by atoms with Gasteiger partial charge in [-0.2, -0.15) is 0 Å². The van der Waals surface area contributed by atoms with Crippen molar-refractivity contribution in [3.05, 3.63) is 99.2 Å². The number of anilines is 2. The number of para-hydroxylation sites is 2. The first-order chi connectivity index (χ1) is 18.8. The maximum atomic E-state index is 14.0. The molecule has 196 valence electrons. The van der Waals surface area contributed by atoms with Crippen molar-refractivity contribution in [3.8, 4) is 5.75 Å². The fourth-order valence-corrected chi connectivity index (χ4v) is 6.04. The van der Waals surface area contributed by atoms with Crippen LogP contribution < -0.4 is 15.0 Å². The number of hydrogen-bond donors (Lipinski definition) is 1. The zero-order valence-electron chi connectivity index (χ0n) is 20.5. The third-order valence-corrected chi connectivity index (χ3v) is 7.79. The number of halogens is 1. The Balaban J connectivity index is 1.44. The van der Waals surface area contributed by atoms with Gasteiger partial charge in [-0.1, -0.05) is 48.0 Å². The lowest BCUT2D eigenvalue weighted by atomic mass is 9.84. The molecule has 11 heteroatoms. The molecule has 3 amide bonds. The number of amides is 3. The van der Waals surface area contributed by atoms with Crippen LogP contribution in [-0.4, -0.2) is 40.7 Å². The Morgan fingerprint density at radius 2 is 1.74 bits per heavy atom. The van der Waals surface area contributed by atoms with E-state index in [1.165, 1.54) is 19.2 Å². The molecular weight excluding hydrogens is 524 g/mol. The second-order valence-corrected chi connectivity index (χ2v) is 9.84. The Kier molecular flexibility index (Phi) is 5.84. The quantitative estimate of drug-likeness (QED) is 0.287. The van der Waals surface area contributed by atoms with E-state index < -0.39 is 46.6 Å². The third-order valence-electron chi connectivity index (χ3n) is 7.47. The first kappa shape index (κ1) is 24.6. The number of nitro groups is 1. The van der Waals surface area contributed by atoms with Crippen LogP contribution in [0.1, 0.15) is 17.2 Å². The van der Waals surface area contributed by atoms with Crippen LogP contribution in [-0.2, 0) is 14.4 Å². The zero-order valence-corrected chi connectivity index (χ0v) is 21.2. The van der Waals surface area contributed by atoms with Gasteiger partial charge in [-0.15, -0.1) is 0 Å². The average Bonchev–Trinajstić information content (AvgIpc) is 3.41. The molecule has 0 spiro atoms. The van der Waals surface area contributed by atoms with Crippen molar-refractivity contribution >= 4 is 52.5 Å². The minimum absolute atomic E-state index is 0.0708. The van der Waals surface area contributed by atoms with E-state index in [1.54, 1.807) is 35.4 Å². The lowest BCUT2D eigenvalue weighted by molar-refractivity contribution is -0.384. The maximum Gasteiger partial charge on any atom is 0.289 e. The second kappa shape index (κ2) is 9.25. The minimum Gasteiger partial charge on any atom is -0.495 e. The highest BCUT2D eigenvalue weighted by atomic mass is 35.5. The smallest absolute Gasteiger partial charge is 0.289 e. The number of rotatable bonds is 5. The van der Waals surface area contributed by atoms with Crippen molar-refractivity contribution in [3.63, 3.8) is 0 Å². The van der Waals surface area contributed by atoms with Crippen molar-refractivity contribution in [1.29, 1.82) is 0 Å². The molecule has 0 radical (unpaired) electrons. The molecular formula is C28H21ClN4O6. The minimum atomic E-state index is -1.06. The van der Waals surface area contributed by atoms with Gasteiger partial charge in [-0.3, -0.25) is 24.5 Å². The van der Waals surface area contributed by atoms with E-state index in [9.17, 15) is 24.5 Å². The van der Waals surface area contributed by atoms with Crippen LogP contribution >= 0.6 is 11.6 Å². The molecule has 3 aromatic rings. The number of nitrogens with one attached hydrogen (secondary N) is 1. The molecule has 10 nitrogen and oxygen atoms in total. The highest BCUT2D eigenvalue weighted by molar-refractivity contribution is 6.32. The topological polar surface area (TPSA) is 122 Å². The van der Waals surface area contributed by atoms with Gasteiger partial charge in [0.1, 0.15) is 16.8 Å². The first-order valence-corrected chi connectivity index (χ1v) is 12.5. The Morgan fingerprint density at radius 3 is 2.51 bits per heavy atom. The first-order valence-electron chi connectivity index (χ1n) is 12.1. The number of ether oxygens (including phenoxy) is 1. The summed E-state index contributed by atoms with van der Waals surface area (Å²) in [5.41, 5.74) is 1.81. The fourth-order valence-electron chi connectivity index (χ4n) is 5.86. The van der Waals surface area contributed by atoms with E-state index in [1.807, 2.05) is 30.3 Å². The Labute approximate surface area is 227 Å². The van der Waals surface area contributed by atoms with Gasteiger partial charge in [0, 0.05) is 18.0 Å². The van der Waals surface area contributed by atoms with Crippen molar-refractivity contribution in [2.75, 3.05) is 17.3 Å². The Bertz CT molecular complexity index is 1590. The molecule has 3 aliphatic heterocycles. The lowest BCUT2D eigenvalue weighted by Crippen LogP contribution is -2.46. The Morgan fingerprint density at radius 1 is 1.03 bits per heavy atom. The van der Waals surface area contributed by atoms with E-state index in [2.05, 4.69) is 5.32 Å². The zero-order chi connectivity index (χ0) is 27.4. The molecule has 4 atom stereocenters. The van der Waals surface area contributed by atoms with Gasteiger partial charge in [0.2, 0.25) is 17.7 Å². The van der Waals surface area contributed by atoms with Crippen LogP contribution in [0.4, 0.5) is 17.1 Å². The molecule has 0 bridgehead atoms. The summed E-state index contributed by atoms with van der Waals surface area (Å²) in [7, 11) is 1.45. The van der Waals surface area contributed by atoms with Crippen LogP contribution in [0.5, 0.6) is 5.75 Å². The molecule has 0 aliphatic carbocycles. The lowest BCUT2D eigenvalue weighted by Gasteiger charge is -2.35. The maximum absolute atomic E-state index is 14.0. The van der Waals surface area contributed by atoms with E-state index in [-0.39, 0.29) is 16.4 Å². The van der Waals surface area contributed by atoms with Crippen LogP contribution in [0.2, 0.25) is 5.02 Å². The number of fused-ring (bicyclic) bond motifs is 5. The highest BCUT2D eigenvalue weighted by Gasteiger charge is 2.65. The van der Waals surface area contributed by atoms with Crippen LogP contribution in [0.15, 0.2) is 72.9 Å². The van der Waals surface area contributed by atoms with Gasteiger partial charge < -0.3 is 15.0 Å². The summed E-state index contributed by atoms with van der Waals surface area (Å²) in [6, 6.07) is 16.6. The Hall–Kier alpha value is -4.70. The summed E-state index contributed by atoms with van der Waals surface area (Å²) in [6.45, 7) is 0. The number of carbonyl (C=O) groups excluding carboxylic acids is 3. The largest absolute Gasteiger partial charge is 0.495 e. The third kappa shape index (κ3) is 3.75. The summed E-state index contributed by atoms with van der Waals surface area (Å²) < 4.78 is 5.42. The van der Waals surface area contributed by atoms with Crippen LogP contribution in [0, 0.1) is 22.0 Å². The fraction of sp³-hybridized carbons (Fsp3) is 0.179. The molecule has 3 aliphatic rings. The molecule has 0 saturated carbocycles. The van der Waals surface area contributed by atoms with Gasteiger partial charge in [-0.05, 0) is 41.5 Å². The molecule has 6 rings (SSSR count). The molecule has 0 aromatic heterocycles. The predicted octanol–water partition coefficient (Wildman–Crippen LogP) is 4.41. The number of methoxy groups -OCH3 is 1. The van der Waals surface area contributed by atoms with E-state index in [4.69, 9.17) is 16.3 Å². The summed E-state index contributed by atoms with van der Waals surface area (Å²) in [5.74, 6) is -3.01. The summed E-state index contributed by atoms with van der Waals surface area (Å²) in [5, 5.41) is 14.0. The van der Waals surface area contributed by atoms with Crippen molar-refractivity contribution in [2.45, 2.75) is 12.1 Å². The number of nitro benzene ring substituents is 1. The molecule has 1 N–H and O–H groups in total. The van der Waals surface area contributed by atoms with Gasteiger partial charge in [-0.25, -0.2) is 4.90 Å². The molecule has 0 unspecified atom stereocenters.